The minimum Gasteiger partial charge on any atom is -0.365 e. The molecule has 0 aliphatic carbocycles. The average Bonchev–Trinajstić information content (AvgIpc) is 2.62. The number of hydrogen-bond donors (Lipinski definition) is 0. The molecule has 0 radical (unpaired) electrons. The van der Waals surface area contributed by atoms with Crippen molar-refractivity contribution < 1.29 is 22.5 Å². The van der Waals surface area contributed by atoms with Crippen LogP contribution in [0.2, 0.25) is 0 Å². The van der Waals surface area contributed by atoms with Crippen LogP contribution in [0.3, 0.4) is 0 Å². The highest BCUT2D eigenvalue weighted by molar-refractivity contribution is 5.63. The van der Waals surface area contributed by atoms with Gasteiger partial charge in [-0.3, -0.25) is 15.0 Å². The lowest BCUT2D eigenvalue weighted by Gasteiger charge is -2.24. The number of benzene rings is 1. The molecule has 2 rings (SSSR count). The van der Waals surface area contributed by atoms with Gasteiger partial charge in [0.15, 0.2) is 0 Å². The van der Waals surface area contributed by atoms with Gasteiger partial charge >= 0.3 is 6.18 Å². The van der Waals surface area contributed by atoms with Crippen molar-refractivity contribution in [3.8, 4) is 0 Å². The van der Waals surface area contributed by atoms with Crippen molar-refractivity contribution in [1.29, 1.82) is 0 Å². The second-order valence-electron chi connectivity index (χ2n) is 5.12. The van der Waals surface area contributed by atoms with Crippen LogP contribution in [0.1, 0.15) is 6.42 Å². The number of nitrogens with zero attached hydrogens (tertiary/aromatic N) is 3. The first-order valence-corrected chi connectivity index (χ1v) is 6.74. The molecule has 1 aliphatic heterocycles. The average molecular weight is 321 g/mol. The third kappa shape index (κ3) is 4.30. The molecule has 0 aromatic heterocycles. The predicted octanol–water partition coefficient (Wildman–Crippen LogP) is 2.81. The van der Waals surface area contributed by atoms with Crippen molar-refractivity contribution in [2.45, 2.75) is 12.6 Å². The third-order valence-electron chi connectivity index (χ3n) is 3.47. The first kappa shape index (κ1) is 16.5. The van der Waals surface area contributed by atoms with Crippen LogP contribution in [0.4, 0.5) is 28.9 Å². The zero-order valence-corrected chi connectivity index (χ0v) is 11.6. The lowest BCUT2D eigenvalue weighted by molar-refractivity contribution is -0.384. The first-order chi connectivity index (χ1) is 10.3. The number of anilines is 1. The number of halogens is 4. The lowest BCUT2D eigenvalue weighted by atomic mass is 10.2. The van der Waals surface area contributed by atoms with Gasteiger partial charge in [-0.1, -0.05) is 0 Å². The molecule has 1 aromatic rings. The fraction of sp³-hybridized carbons (Fsp3) is 0.538. The van der Waals surface area contributed by atoms with E-state index in [2.05, 4.69) is 0 Å². The minimum absolute atomic E-state index is 0.110. The Morgan fingerprint density at radius 1 is 1.18 bits per heavy atom. The topological polar surface area (TPSA) is 49.6 Å². The van der Waals surface area contributed by atoms with E-state index in [1.54, 1.807) is 4.90 Å². The van der Waals surface area contributed by atoms with E-state index in [1.165, 1.54) is 4.90 Å². The molecule has 22 heavy (non-hydrogen) atoms. The Kier molecular flexibility index (Phi) is 4.84. The van der Waals surface area contributed by atoms with Gasteiger partial charge in [0.05, 0.1) is 11.5 Å². The van der Waals surface area contributed by atoms with Crippen LogP contribution in [0, 0.1) is 15.9 Å². The number of rotatable bonds is 3. The highest BCUT2D eigenvalue weighted by Crippen LogP contribution is 2.30. The monoisotopic (exact) mass is 321 g/mol. The van der Waals surface area contributed by atoms with Crippen LogP contribution in [0.15, 0.2) is 18.2 Å². The van der Waals surface area contributed by atoms with Gasteiger partial charge in [0.25, 0.3) is 5.69 Å². The van der Waals surface area contributed by atoms with Crippen molar-refractivity contribution in [3.05, 3.63) is 34.1 Å². The summed E-state index contributed by atoms with van der Waals surface area (Å²) in [6.45, 7) is -0.114. The Labute approximate surface area is 124 Å². The van der Waals surface area contributed by atoms with Crippen LogP contribution in [0.25, 0.3) is 0 Å². The summed E-state index contributed by atoms with van der Waals surface area (Å²) in [6, 6.07) is 3.12. The van der Waals surface area contributed by atoms with Crippen molar-refractivity contribution in [2.24, 2.45) is 0 Å². The second kappa shape index (κ2) is 6.47. The van der Waals surface area contributed by atoms with Gasteiger partial charge < -0.3 is 4.90 Å². The van der Waals surface area contributed by atoms with Crippen LogP contribution in [-0.2, 0) is 0 Å². The highest BCUT2D eigenvalue weighted by Gasteiger charge is 2.32. The molecule has 0 spiro atoms. The van der Waals surface area contributed by atoms with Gasteiger partial charge in [-0.25, -0.2) is 4.39 Å². The third-order valence-corrected chi connectivity index (χ3v) is 3.47. The van der Waals surface area contributed by atoms with Gasteiger partial charge in [0.2, 0.25) is 0 Å². The van der Waals surface area contributed by atoms with E-state index in [9.17, 15) is 27.7 Å². The molecule has 0 saturated carbocycles. The van der Waals surface area contributed by atoms with E-state index in [-0.39, 0.29) is 31.0 Å². The quantitative estimate of drug-likeness (QED) is 0.488. The Morgan fingerprint density at radius 3 is 2.55 bits per heavy atom. The molecular weight excluding hydrogens is 306 g/mol. The smallest absolute Gasteiger partial charge is 0.365 e. The zero-order chi connectivity index (χ0) is 16.3. The summed E-state index contributed by atoms with van der Waals surface area (Å²) in [6.07, 6.45) is -3.86. The molecule has 0 unspecified atom stereocenters. The Morgan fingerprint density at radius 2 is 1.91 bits per heavy atom. The minimum atomic E-state index is -4.28. The lowest BCUT2D eigenvalue weighted by Crippen LogP contribution is -2.37. The van der Waals surface area contributed by atoms with E-state index in [0.717, 1.165) is 18.2 Å². The molecule has 1 saturated heterocycles. The van der Waals surface area contributed by atoms with Crippen molar-refractivity contribution >= 4 is 11.4 Å². The fourth-order valence-electron chi connectivity index (χ4n) is 2.53. The number of hydrogen-bond acceptors (Lipinski definition) is 4. The molecule has 122 valence electrons. The first-order valence-electron chi connectivity index (χ1n) is 6.74. The molecule has 1 heterocycles. The van der Waals surface area contributed by atoms with Gasteiger partial charge in [-0.15, -0.1) is 0 Å². The van der Waals surface area contributed by atoms with Gasteiger partial charge in [-0.05, 0) is 12.5 Å². The van der Waals surface area contributed by atoms with E-state index in [0.29, 0.717) is 13.0 Å². The van der Waals surface area contributed by atoms with Crippen LogP contribution in [0.5, 0.6) is 0 Å². The number of nitro benzene ring substituents is 1. The summed E-state index contributed by atoms with van der Waals surface area (Å²) in [5.74, 6) is -0.614. The van der Waals surface area contributed by atoms with Gasteiger partial charge in [0, 0.05) is 38.3 Å². The van der Waals surface area contributed by atoms with Crippen molar-refractivity contribution in [2.75, 3.05) is 37.6 Å². The van der Waals surface area contributed by atoms with Crippen molar-refractivity contribution in [1.82, 2.24) is 4.90 Å². The molecule has 1 aromatic carbocycles. The number of alkyl halides is 3. The van der Waals surface area contributed by atoms with E-state index in [4.69, 9.17) is 0 Å². The molecule has 0 N–H and O–H groups in total. The Hall–Kier alpha value is -1.90. The Bertz CT molecular complexity index is 551. The molecule has 9 heteroatoms. The summed E-state index contributed by atoms with van der Waals surface area (Å²) in [5.41, 5.74) is -0.135. The largest absolute Gasteiger partial charge is 0.401 e. The van der Waals surface area contributed by atoms with E-state index < -0.39 is 23.5 Å². The summed E-state index contributed by atoms with van der Waals surface area (Å²) in [7, 11) is 0. The fourth-order valence-corrected chi connectivity index (χ4v) is 2.53. The molecule has 1 fully saturated rings. The maximum atomic E-state index is 13.4. The summed E-state index contributed by atoms with van der Waals surface area (Å²) in [4.78, 5) is 13.2. The van der Waals surface area contributed by atoms with Crippen LogP contribution < -0.4 is 4.90 Å². The standard InChI is InChI=1S/C13H15F4N3O2/c14-10-2-3-11(20(21)22)12(8-10)19-5-1-4-18(6-7-19)9-13(15,16)17/h2-3,8H,1,4-7,9H2. The summed E-state index contributed by atoms with van der Waals surface area (Å²) >= 11 is 0. The molecule has 0 bridgehead atoms. The molecule has 0 amide bonds. The molecule has 5 nitrogen and oxygen atoms in total. The molecule has 1 aliphatic rings. The highest BCUT2D eigenvalue weighted by atomic mass is 19.4. The molecular formula is C13H15F4N3O2. The summed E-state index contributed by atoms with van der Waals surface area (Å²) < 4.78 is 50.6. The normalized spacial score (nSPS) is 17.4. The Balaban J connectivity index is 2.14. The second-order valence-corrected chi connectivity index (χ2v) is 5.12. The maximum absolute atomic E-state index is 13.4. The van der Waals surface area contributed by atoms with Crippen LogP contribution >= 0.6 is 0 Å². The van der Waals surface area contributed by atoms with Gasteiger partial charge in [-0.2, -0.15) is 13.2 Å². The zero-order valence-electron chi connectivity index (χ0n) is 11.6. The van der Waals surface area contributed by atoms with Gasteiger partial charge in [0.1, 0.15) is 11.5 Å². The SMILES string of the molecule is O=[N+]([O-])c1ccc(F)cc1N1CCCN(CC(F)(F)F)CC1. The number of nitro groups is 1. The van der Waals surface area contributed by atoms with Crippen molar-refractivity contribution in [3.63, 3.8) is 0 Å². The predicted molar refractivity (Wildman–Crippen MR) is 72.4 cm³/mol. The molecule has 0 atom stereocenters. The van der Waals surface area contributed by atoms with Crippen LogP contribution in [-0.4, -0.2) is 48.7 Å². The summed E-state index contributed by atoms with van der Waals surface area (Å²) in [5, 5.41) is 11.0. The van der Waals surface area contributed by atoms with E-state index >= 15 is 0 Å². The van der Waals surface area contributed by atoms with E-state index in [1.807, 2.05) is 0 Å². The maximum Gasteiger partial charge on any atom is 0.401 e.